The lowest BCUT2D eigenvalue weighted by atomic mass is 10.2. The molecule has 0 fully saturated rings. The van der Waals surface area contributed by atoms with Crippen LogP contribution >= 0.6 is 0 Å². The van der Waals surface area contributed by atoms with Crippen molar-refractivity contribution < 1.29 is 5.21 Å². The number of aromatic nitrogens is 1. The number of nitrogens with zero attached hydrogens (tertiary/aromatic N) is 3. The van der Waals surface area contributed by atoms with Crippen molar-refractivity contribution in [3.63, 3.8) is 0 Å². The number of rotatable bonds is 6. The second-order valence-electron chi connectivity index (χ2n) is 3.84. The van der Waals surface area contributed by atoms with Crippen molar-refractivity contribution in [2.24, 2.45) is 10.9 Å². The highest BCUT2D eigenvalue weighted by Gasteiger charge is 2.13. The predicted octanol–water partition coefficient (Wildman–Crippen LogP) is 1.80. The number of amidine groups is 1. The maximum atomic E-state index is 8.76. The van der Waals surface area contributed by atoms with Crippen molar-refractivity contribution in [1.82, 2.24) is 4.98 Å². The third-order valence-corrected chi connectivity index (χ3v) is 2.46. The molecule has 1 aromatic rings. The molecule has 1 aromatic heterocycles. The molecule has 94 valence electrons. The van der Waals surface area contributed by atoms with Gasteiger partial charge in [0.25, 0.3) is 0 Å². The normalized spacial score (nSPS) is 11.5. The Labute approximate surface area is 102 Å². The first-order valence-corrected chi connectivity index (χ1v) is 5.92. The topological polar surface area (TPSA) is 74.7 Å². The van der Waals surface area contributed by atoms with E-state index in [1.54, 1.807) is 6.20 Å². The van der Waals surface area contributed by atoms with Gasteiger partial charge in [-0.2, -0.15) is 0 Å². The molecular weight excluding hydrogens is 216 g/mol. The van der Waals surface area contributed by atoms with E-state index < -0.39 is 0 Å². The van der Waals surface area contributed by atoms with E-state index in [1.165, 1.54) is 0 Å². The van der Waals surface area contributed by atoms with Crippen LogP contribution in [0.3, 0.4) is 0 Å². The first-order chi connectivity index (χ1) is 8.24. The van der Waals surface area contributed by atoms with Gasteiger partial charge >= 0.3 is 0 Å². The molecule has 0 radical (unpaired) electrons. The lowest BCUT2D eigenvalue weighted by molar-refractivity contribution is 0.318. The van der Waals surface area contributed by atoms with Crippen LogP contribution < -0.4 is 10.6 Å². The van der Waals surface area contributed by atoms with E-state index >= 15 is 0 Å². The zero-order chi connectivity index (χ0) is 12.7. The van der Waals surface area contributed by atoms with Gasteiger partial charge in [0, 0.05) is 19.3 Å². The Morgan fingerprint density at radius 3 is 2.59 bits per heavy atom. The molecule has 5 nitrogen and oxygen atoms in total. The van der Waals surface area contributed by atoms with Crippen LogP contribution in [-0.4, -0.2) is 29.1 Å². The summed E-state index contributed by atoms with van der Waals surface area (Å²) in [5.74, 6) is 0.0535. The first-order valence-electron chi connectivity index (χ1n) is 5.92. The van der Waals surface area contributed by atoms with Gasteiger partial charge in [-0.1, -0.05) is 19.0 Å². The molecule has 0 aliphatic rings. The molecule has 0 saturated heterocycles. The Morgan fingerprint density at radius 2 is 2.06 bits per heavy atom. The van der Waals surface area contributed by atoms with Crippen LogP contribution in [0.5, 0.6) is 0 Å². The summed E-state index contributed by atoms with van der Waals surface area (Å²) >= 11 is 0. The number of hydrogen-bond acceptors (Lipinski definition) is 4. The average molecular weight is 236 g/mol. The van der Waals surface area contributed by atoms with Crippen LogP contribution in [0.25, 0.3) is 0 Å². The van der Waals surface area contributed by atoms with E-state index in [0.717, 1.165) is 31.6 Å². The molecular formula is C12H20N4O. The monoisotopic (exact) mass is 236 g/mol. The van der Waals surface area contributed by atoms with Crippen molar-refractivity contribution in [2.75, 3.05) is 18.0 Å². The minimum Gasteiger partial charge on any atom is -0.409 e. The summed E-state index contributed by atoms with van der Waals surface area (Å²) in [7, 11) is 0. The highest BCUT2D eigenvalue weighted by molar-refractivity contribution is 6.00. The van der Waals surface area contributed by atoms with Gasteiger partial charge < -0.3 is 15.8 Å². The second kappa shape index (κ2) is 6.73. The van der Waals surface area contributed by atoms with Gasteiger partial charge in [-0.05, 0) is 25.0 Å². The zero-order valence-electron chi connectivity index (χ0n) is 10.4. The molecule has 0 aliphatic carbocycles. The van der Waals surface area contributed by atoms with Crippen LogP contribution in [0.1, 0.15) is 32.4 Å². The molecule has 1 rings (SSSR count). The lowest BCUT2D eigenvalue weighted by Gasteiger charge is -2.25. The zero-order valence-corrected chi connectivity index (χ0v) is 10.4. The Bertz CT molecular complexity index is 373. The minimum atomic E-state index is 0.0535. The van der Waals surface area contributed by atoms with E-state index in [4.69, 9.17) is 10.9 Å². The number of anilines is 1. The molecule has 0 aromatic carbocycles. The van der Waals surface area contributed by atoms with Crippen molar-refractivity contribution in [3.05, 3.63) is 24.0 Å². The van der Waals surface area contributed by atoms with Crippen molar-refractivity contribution in [3.8, 4) is 0 Å². The molecule has 0 bridgehead atoms. The number of nitrogens with two attached hydrogens (primary N) is 1. The molecule has 0 unspecified atom stereocenters. The third-order valence-electron chi connectivity index (χ3n) is 2.46. The summed E-state index contributed by atoms with van der Waals surface area (Å²) in [4.78, 5) is 6.39. The molecule has 0 atom stereocenters. The van der Waals surface area contributed by atoms with Crippen molar-refractivity contribution in [2.45, 2.75) is 26.7 Å². The average Bonchev–Trinajstić information content (AvgIpc) is 2.37. The Balaban J connectivity index is 3.08. The molecule has 3 N–H and O–H groups in total. The van der Waals surface area contributed by atoms with Gasteiger partial charge in [-0.15, -0.1) is 0 Å². The van der Waals surface area contributed by atoms with Crippen LogP contribution in [0.15, 0.2) is 23.5 Å². The van der Waals surface area contributed by atoms with Crippen LogP contribution in [0.4, 0.5) is 5.69 Å². The van der Waals surface area contributed by atoms with E-state index in [0.29, 0.717) is 5.69 Å². The maximum absolute atomic E-state index is 8.76. The van der Waals surface area contributed by atoms with Crippen LogP contribution in [0, 0.1) is 0 Å². The van der Waals surface area contributed by atoms with Crippen molar-refractivity contribution >= 4 is 11.5 Å². The minimum absolute atomic E-state index is 0.0535. The van der Waals surface area contributed by atoms with Crippen LogP contribution in [0.2, 0.25) is 0 Å². The van der Waals surface area contributed by atoms with Gasteiger partial charge in [0.2, 0.25) is 0 Å². The van der Waals surface area contributed by atoms with E-state index in [2.05, 4.69) is 28.9 Å². The summed E-state index contributed by atoms with van der Waals surface area (Å²) in [5, 5.41) is 11.8. The maximum Gasteiger partial charge on any atom is 0.190 e. The standard InChI is InChI=1S/C12H20N4O/c1-3-8-16(9-4-2)10-6-5-7-14-11(10)12(13)15-17/h5-7,17H,3-4,8-9H2,1-2H3,(H2,13,15). The van der Waals surface area contributed by atoms with Gasteiger partial charge in [-0.3, -0.25) is 4.98 Å². The quantitative estimate of drug-likeness (QED) is 0.342. The van der Waals surface area contributed by atoms with E-state index in [9.17, 15) is 0 Å². The fraction of sp³-hybridized carbons (Fsp3) is 0.500. The van der Waals surface area contributed by atoms with Crippen LogP contribution in [-0.2, 0) is 0 Å². The number of oxime groups is 1. The molecule has 0 saturated carbocycles. The third kappa shape index (κ3) is 3.34. The fourth-order valence-electron chi connectivity index (χ4n) is 1.79. The van der Waals surface area contributed by atoms with Crippen molar-refractivity contribution in [1.29, 1.82) is 0 Å². The molecule has 0 aliphatic heterocycles. The van der Waals surface area contributed by atoms with Gasteiger partial charge in [0.1, 0.15) is 5.69 Å². The summed E-state index contributed by atoms with van der Waals surface area (Å²) in [6, 6.07) is 3.81. The first kappa shape index (κ1) is 13.3. The predicted molar refractivity (Wildman–Crippen MR) is 69.5 cm³/mol. The molecule has 5 heteroatoms. The molecule has 0 spiro atoms. The SMILES string of the molecule is CCCN(CCC)c1cccnc1/C(N)=N/O. The number of pyridine rings is 1. The van der Waals surface area contributed by atoms with E-state index in [1.807, 2.05) is 12.1 Å². The molecule has 17 heavy (non-hydrogen) atoms. The second-order valence-corrected chi connectivity index (χ2v) is 3.84. The summed E-state index contributed by atoms with van der Waals surface area (Å²) < 4.78 is 0. The highest BCUT2D eigenvalue weighted by Crippen LogP contribution is 2.18. The summed E-state index contributed by atoms with van der Waals surface area (Å²) in [5.41, 5.74) is 7.10. The van der Waals surface area contributed by atoms with Gasteiger partial charge in [0.15, 0.2) is 5.84 Å². The van der Waals surface area contributed by atoms with Gasteiger partial charge in [0.05, 0.1) is 5.69 Å². The fourth-order valence-corrected chi connectivity index (χ4v) is 1.79. The highest BCUT2D eigenvalue weighted by atomic mass is 16.4. The number of hydrogen-bond donors (Lipinski definition) is 2. The summed E-state index contributed by atoms with van der Waals surface area (Å²) in [6.45, 7) is 6.13. The van der Waals surface area contributed by atoms with Gasteiger partial charge in [-0.25, -0.2) is 0 Å². The van der Waals surface area contributed by atoms with E-state index in [-0.39, 0.29) is 5.84 Å². The largest absolute Gasteiger partial charge is 0.409 e. The Kier molecular flexibility index (Phi) is 5.26. The summed E-state index contributed by atoms with van der Waals surface area (Å²) in [6.07, 6.45) is 3.74. The Hall–Kier alpha value is -1.78. The molecule has 1 heterocycles. The lowest BCUT2D eigenvalue weighted by Crippen LogP contribution is -2.28. The smallest absolute Gasteiger partial charge is 0.190 e. The molecule has 0 amide bonds. The Morgan fingerprint density at radius 1 is 1.41 bits per heavy atom.